The molecule has 0 spiro atoms. The maximum absolute atomic E-state index is 13.8. The first-order chi connectivity index (χ1) is 9.24. The van der Waals surface area contributed by atoms with Gasteiger partial charge in [0.2, 0.25) is 0 Å². The Bertz CT molecular complexity index is 608. The first-order valence-corrected chi connectivity index (χ1v) is 6.52. The fourth-order valence-electron chi connectivity index (χ4n) is 2.56. The summed E-state index contributed by atoms with van der Waals surface area (Å²) in [7, 11) is 0. The maximum atomic E-state index is 13.8. The lowest BCUT2D eigenvalue weighted by molar-refractivity contribution is 0.603. The second-order valence-electron chi connectivity index (χ2n) is 4.86. The molecule has 3 rings (SSSR count). The third-order valence-corrected chi connectivity index (χ3v) is 3.59. The van der Waals surface area contributed by atoms with Crippen LogP contribution in [0.1, 0.15) is 11.1 Å². The molecule has 0 saturated carbocycles. The highest BCUT2D eigenvalue weighted by atomic mass is 19.1. The fourth-order valence-corrected chi connectivity index (χ4v) is 2.56. The van der Waals surface area contributed by atoms with Gasteiger partial charge < -0.3 is 5.32 Å². The Morgan fingerprint density at radius 3 is 2.47 bits per heavy atom. The molecule has 0 atom stereocenters. The van der Waals surface area contributed by atoms with Crippen LogP contribution in [0.5, 0.6) is 0 Å². The van der Waals surface area contributed by atoms with Gasteiger partial charge in [-0.05, 0) is 60.8 Å². The summed E-state index contributed by atoms with van der Waals surface area (Å²) in [6.07, 6.45) is 1.92. The van der Waals surface area contributed by atoms with Crippen molar-refractivity contribution in [3.63, 3.8) is 0 Å². The van der Waals surface area contributed by atoms with E-state index in [1.165, 1.54) is 23.3 Å². The number of nitrogens with one attached hydrogen (secondary N) is 1. The Morgan fingerprint density at radius 2 is 1.63 bits per heavy atom. The van der Waals surface area contributed by atoms with Gasteiger partial charge >= 0.3 is 0 Å². The summed E-state index contributed by atoms with van der Waals surface area (Å²) >= 11 is 0. The average Bonchev–Trinajstić information content (AvgIpc) is 2.66. The van der Waals surface area contributed by atoms with E-state index in [1.54, 1.807) is 0 Å². The zero-order valence-electron chi connectivity index (χ0n) is 10.5. The second kappa shape index (κ2) is 5.10. The molecule has 2 aromatic rings. The van der Waals surface area contributed by atoms with E-state index >= 15 is 0 Å². The van der Waals surface area contributed by atoms with Crippen LogP contribution in [0.15, 0.2) is 36.4 Å². The van der Waals surface area contributed by atoms with Crippen LogP contribution in [0.2, 0.25) is 0 Å². The predicted octanol–water partition coefficient (Wildman–Crippen LogP) is 3.32. The second-order valence-corrected chi connectivity index (χ2v) is 4.86. The van der Waals surface area contributed by atoms with E-state index in [9.17, 15) is 8.78 Å². The van der Waals surface area contributed by atoms with Crippen LogP contribution in [0.3, 0.4) is 0 Å². The Balaban J connectivity index is 2.06. The molecule has 0 fully saturated rings. The monoisotopic (exact) mass is 259 g/mol. The highest BCUT2D eigenvalue weighted by Gasteiger charge is 2.11. The number of hydrogen-bond acceptors (Lipinski definition) is 1. The van der Waals surface area contributed by atoms with Crippen molar-refractivity contribution in [2.24, 2.45) is 0 Å². The van der Waals surface area contributed by atoms with Crippen LogP contribution >= 0.6 is 0 Å². The van der Waals surface area contributed by atoms with Gasteiger partial charge in [-0.3, -0.25) is 0 Å². The van der Waals surface area contributed by atoms with Crippen LogP contribution in [0.25, 0.3) is 11.1 Å². The van der Waals surface area contributed by atoms with Gasteiger partial charge in [-0.25, -0.2) is 8.78 Å². The summed E-state index contributed by atoms with van der Waals surface area (Å²) in [5, 5.41) is 3.34. The zero-order chi connectivity index (χ0) is 13.2. The molecule has 0 bridgehead atoms. The molecule has 0 unspecified atom stereocenters. The number of halogens is 2. The molecule has 1 heterocycles. The summed E-state index contributed by atoms with van der Waals surface area (Å²) in [6.45, 7) is 1.91. The number of benzene rings is 2. The minimum Gasteiger partial charge on any atom is -0.316 e. The van der Waals surface area contributed by atoms with Crippen molar-refractivity contribution in [1.82, 2.24) is 5.32 Å². The van der Waals surface area contributed by atoms with Gasteiger partial charge in [0, 0.05) is 5.56 Å². The smallest absolute Gasteiger partial charge is 0.131 e. The Morgan fingerprint density at radius 1 is 0.842 bits per heavy atom. The highest BCUT2D eigenvalue weighted by molar-refractivity contribution is 5.65. The molecule has 1 aliphatic heterocycles. The third kappa shape index (κ3) is 2.51. The van der Waals surface area contributed by atoms with E-state index in [1.807, 2.05) is 18.2 Å². The van der Waals surface area contributed by atoms with Crippen molar-refractivity contribution in [2.75, 3.05) is 13.1 Å². The lowest BCUT2D eigenvalue weighted by atomic mass is 9.96. The fraction of sp³-hybridized carbons (Fsp3) is 0.250. The number of rotatable bonds is 1. The molecular formula is C16H15F2N. The van der Waals surface area contributed by atoms with Crippen LogP contribution in [0.4, 0.5) is 8.78 Å². The van der Waals surface area contributed by atoms with E-state index in [0.29, 0.717) is 5.56 Å². The van der Waals surface area contributed by atoms with Crippen molar-refractivity contribution < 1.29 is 8.78 Å². The van der Waals surface area contributed by atoms with E-state index in [4.69, 9.17) is 0 Å². The van der Waals surface area contributed by atoms with E-state index < -0.39 is 5.82 Å². The van der Waals surface area contributed by atoms with Gasteiger partial charge in [0.05, 0.1) is 0 Å². The highest BCUT2D eigenvalue weighted by Crippen LogP contribution is 2.27. The Kier molecular flexibility index (Phi) is 3.30. The summed E-state index contributed by atoms with van der Waals surface area (Å²) in [6, 6.07) is 9.47. The Hall–Kier alpha value is -1.74. The van der Waals surface area contributed by atoms with E-state index in [-0.39, 0.29) is 5.82 Å². The van der Waals surface area contributed by atoms with Gasteiger partial charge in [0.1, 0.15) is 11.6 Å². The van der Waals surface area contributed by atoms with Crippen LogP contribution in [-0.2, 0) is 12.8 Å². The molecule has 0 aromatic heterocycles. The van der Waals surface area contributed by atoms with Crippen LogP contribution < -0.4 is 5.32 Å². The van der Waals surface area contributed by atoms with Crippen LogP contribution in [0, 0.1) is 11.6 Å². The standard InChI is InChI=1S/C16H15F2N/c17-14-3-4-16(18)15(10-14)13-2-1-11-5-7-19-8-6-12(11)9-13/h1-4,9-10,19H,5-8H2. The molecule has 3 heteroatoms. The van der Waals surface area contributed by atoms with Gasteiger partial charge in [-0.2, -0.15) is 0 Å². The summed E-state index contributed by atoms with van der Waals surface area (Å²) in [4.78, 5) is 0. The average molecular weight is 259 g/mol. The van der Waals surface area contributed by atoms with Gasteiger partial charge in [-0.15, -0.1) is 0 Å². The number of fused-ring (bicyclic) bond motifs is 1. The molecule has 1 aliphatic rings. The van der Waals surface area contributed by atoms with Crippen LogP contribution in [-0.4, -0.2) is 13.1 Å². The first kappa shape index (κ1) is 12.3. The maximum Gasteiger partial charge on any atom is 0.131 e. The minimum atomic E-state index is -0.409. The summed E-state index contributed by atoms with van der Waals surface area (Å²) in [5.41, 5.74) is 3.61. The van der Waals surface area contributed by atoms with Gasteiger partial charge in [0.15, 0.2) is 0 Å². The topological polar surface area (TPSA) is 12.0 Å². The molecule has 1 nitrogen and oxygen atoms in total. The largest absolute Gasteiger partial charge is 0.316 e. The molecule has 0 aliphatic carbocycles. The molecule has 98 valence electrons. The van der Waals surface area contributed by atoms with E-state index in [0.717, 1.165) is 37.6 Å². The summed E-state index contributed by atoms with van der Waals surface area (Å²) in [5.74, 6) is -0.791. The quantitative estimate of drug-likeness (QED) is 0.828. The predicted molar refractivity (Wildman–Crippen MR) is 72.1 cm³/mol. The molecule has 0 amide bonds. The lowest BCUT2D eigenvalue weighted by Gasteiger charge is -2.09. The Labute approximate surface area is 111 Å². The first-order valence-electron chi connectivity index (χ1n) is 6.52. The van der Waals surface area contributed by atoms with Crippen molar-refractivity contribution in [3.05, 3.63) is 59.2 Å². The van der Waals surface area contributed by atoms with Crippen molar-refractivity contribution in [2.45, 2.75) is 12.8 Å². The van der Waals surface area contributed by atoms with Gasteiger partial charge in [-0.1, -0.05) is 18.2 Å². The zero-order valence-corrected chi connectivity index (χ0v) is 10.5. The SMILES string of the molecule is Fc1ccc(F)c(-c2ccc3c(c2)CCNCC3)c1. The molecule has 0 saturated heterocycles. The van der Waals surface area contributed by atoms with Crippen molar-refractivity contribution in [1.29, 1.82) is 0 Å². The normalized spacial score (nSPS) is 14.8. The van der Waals surface area contributed by atoms with Crippen molar-refractivity contribution in [3.8, 4) is 11.1 Å². The molecule has 2 aromatic carbocycles. The van der Waals surface area contributed by atoms with Gasteiger partial charge in [0.25, 0.3) is 0 Å². The van der Waals surface area contributed by atoms with E-state index in [2.05, 4.69) is 5.32 Å². The molecule has 19 heavy (non-hydrogen) atoms. The minimum absolute atomic E-state index is 0.333. The summed E-state index contributed by atoms with van der Waals surface area (Å²) < 4.78 is 27.0. The third-order valence-electron chi connectivity index (χ3n) is 3.59. The lowest BCUT2D eigenvalue weighted by Crippen LogP contribution is -2.16. The molecule has 0 radical (unpaired) electrons. The molecular weight excluding hydrogens is 244 g/mol. The molecule has 1 N–H and O–H groups in total. The van der Waals surface area contributed by atoms with Crippen molar-refractivity contribution >= 4 is 0 Å². The number of hydrogen-bond donors (Lipinski definition) is 1.